The van der Waals surface area contributed by atoms with Crippen molar-refractivity contribution in [3.8, 4) is 0 Å². The van der Waals surface area contributed by atoms with E-state index in [0.717, 1.165) is 19.4 Å². The summed E-state index contributed by atoms with van der Waals surface area (Å²) in [5.41, 5.74) is 8.07. The van der Waals surface area contributed by atoms with Crippen molar-refractivity contribution in [3.63, 3.8) is 0 Å². The van der Waals surface area contributed by atoms with Crippen molar-refractivity contribution >= 4 is 5.91 Å². The first kappa shape index (κ1) is 12.8. The van der Waals surface area contributed by atoms with Gasteiger partial charge in [0.25, 0.3) is 5.91 Å². The predicted octanol–water partition coefficient (Wildman–Crippen LogP) is 0.112. The maximum Gasteiger partial charge on any atom is 0.255 e. The van der Waals surface area contributed by atoms with Crippen LogP contribution in [0.25, 0.3) is 0 Å². The van der Waals surface area contributed by atoms with Crippen molar-refractivity contribution < 1.29 is 9.53 Å². The summed E-state index contributed by atoms with van der Waals surface area (Å²) >= 11 is 0. The molecule has 0 bridgehead atoms. The molecule has 5 nitrogen and oxygen atoms in total. The monoisotopic (exact) mass is 241 g/mol. The Bertz CT molecular complexity index is 330. The number of ether oxygens (including phenoxy) is 1. The Morgan fingerprint density at radius 1 is 1.47 bits per heavy atom. The Labute approximate surface area is 103 Å². The lowest BCUT2D eigenvalue weighted by Gasteiger charge is -2.65. The lowest BCUT2D eigenvalue weighted by Crippen LogP contribution is -2.82. The molecular weight excluding hydrogens is 218 g/mol. The molecule has 1 saturated heterocycles. The molecule has 3 atom stereocenters. The van der Waals surface area contributed by atoms with E-state index in [0.29, 0.717) is 0 Å². The smallest absolute Gasteiger partial charge is 0.255 e. The molecule has 17 heavy (non-hydrogen) atoms. The number of carbonyl (C=O) groups excluding carboxylic acids is 1. The predicted molar refractivity (Wildman–Crippen MR) is 65.0 cm³/mol. The number of nitrogens with one attached hydrogen (secondary N) is 1. The van der Waals surface area contributed by atoms with Crippen LogP contribution in [-0.4, -0.2) is 43.3 Å². The zero-order valence-corrected chi connectivity index (χ0v) is 11.1. The lowest BCUT2D eigenvalue weighted by molar-refractivity contribution is -0.226. The van der Waals surface area contributed by atoms with E-state index in [9.17, 15) is 4.79 Å². The fourth-order valence-corrected chi connectivity index (χ4v) is 3.33. The Morgan fingerprint density at radius 3 is 2.71 bits per heavy atom. The van der Waals surface area contributed by atoms with Crippen LogP contribution in [0, 0.1) is 11.3 Å². The minimum atomic E-state index is -0.817. The molecule has 2 fully saturated rings. The zero-order valence-electron chi connectivity index (χ0n) is 11.1. The summed E-state index contributed by atoms with van der Waals surface area (Å²) in [6.45, 7) is 4.83. The summed E-state index contributed by atoms with van der Waals surface area (Å²) in [6, 6.07) is 0. The standard InChI is InChI=1S/C12H23N3O2/c1-11(2)9-8(6-5-7-17-9)12(11,13)10(16)14-15(3)4/h8-9H,5-7,13H2,1-4H3,(H,14,16). The van der Waals surface area contributed by atoms with E-state index in [1.165, 1.54) is 0 Å². The molecule has 1 aliphatic carbocycles. The third kappa shape index (κ3) is 1.60. The van der Waals surface area contributed by atoms with Crippen LogP contribution in [0.15, 0.2) is 0 Å². The van der Waals surface area contributed by atoms with Crippen LogP contribution in [0.1, 0.15) is 26.7 Å². The summed E-state index contributed by atoms with van der Waals surface area (Å²) in [5, 5.41) is 1.64. The Morgan fingerprint density at radius 2 is 2.12 bits per heavy atom. The van der Waals surface area contributed by atoms with Gasteiger partial charge in [0.2, 0.25) is 0 Å². The third-order valence-electron chi connectivity index (χ3n) is 4.39. The van der Waals surface area contributed by atoms with E-state index in [2.05, 4.69) is 5.43 Å². The molecule has 3 N–H and O–H groups in total. The van der Waals surface area contributed by atoms with E-state index in [-0.39, 0.29) is 23.3 Å². The number of fused-ring (bicyclic) bond motifs is 1. The summed E-state index contributed by atoms with van der Waals surface area (Å²) in [7, 11) is 3.59. The molecule has 3 unspecified atom stereocenters. The van der Waals surface area contributed by atoms with Crippen molar-refractivity contribution in [3.05, 3.63) is 0 Å². The Hall–Kier alpha value is -0.650. The minimum Gasteiger partial charge on any atom is -0.377 e. The van der Waals surface area contributed by atoms with Crippen molar-refractivity contribution in [2.45, 2.75) is 38.3 Å². The van der Waals surface area contributed by atoms with Gasteiger partial charge in [0.15, 0.2) is 0 Å². The van der Waals surface area contributed by atoms with Gasteiger partial charge in [-0.25, -0.2) is 5.01 Å². The first-order chi connectivity index (χ1) is 7.81. The highest BCUT2D eigenvalue weighted by Gasteiger charge is 2.70. The molecular formula is C12H23N3O2. The van der Waals surface area contributed by atoms with Crippen LogP contribution in [0.3, 0.4) is 0 Å². The summed E-state index contributed by atoms with van der Waals surface area (Å²) in [6.07, 6.45) is 2.09. The average molecular weight is 241 g/mol. The maximum absolute atomic E-state index is 12.3. The van der Waals surface area contributed by atoms with Crippen LogP contribution in [0.2, 0.25) is 0 Å². The molecule has 0 aromatic rings. The van der Waals surface area contributed by atoms with Gasteiger partial charge < -0.3 is 10.5 Å². The fourth-order valence-electron chi connectivity index (χ4n) is 3.33. The van der Waals surface area contributed by atoms with Gasteiger partial charge in [-0.15, -0.1) is 0 Å². The molecule has 1 aliphatic heterocycles. The number of nitrogens with two attached hydrogens (primary N) is 1. The van der Waals surface area contributed by atoms with Crippen molar-refractivity contribution in [1.82, 2.24) is 10.4 Å². The molecule has 0 aromatic carbocycles. The van der Waals surface area contributed by atoms with Crippen LogP contribution in [0.4, 0.5) is 0 Å². The Balaban J connectivity index is 2.20. The average Bonchev–Trinajstić information content (AvgIpc) is 2.27. The topological polar surface area (TPSA) is 67.6 Å². The van der Waals surface area contributed by atoms with Crippen LogP contribution >= 0.6 is 0 Å². The molecule has 1 heterocycles. The van der Waals surface area contributed by atoms with E-state index in [1.807, 2.05) is 13.8 Å². The van der Waals surface area contributed by atoms with E-state index in [1.54, 1.807) is 19.1 Å². The highest BCUT2D eigenvalue weighted by atomic mass is 16.5. The number of amides is 1. The number of nitrogens with zero attached hydrogens (tertiary/aromatic N) is 1. The van der Waals surface area contributed by atoms with Gasteiger partial charge in [-0.1, -0.05) is 13.8 Å². The second kappa shape index (κ2) is 3.93. The number of hydrogen-bond acceptors (Lipinski definition) is 4. The molecule has 98 valence electrons. The number of carbonyl (C=O) groups is 1. The second-order valence-electron chi connectivity index (χ2n) is 5.97. The fraction of sp³-hybridized carbons (Fsp3) is 0.917. The first-order valence-electron chi connectivity index (χ1n) is 6.20. The molecule has 5 heteroatoms. The van der Waals surface area contributed by atoms with Gasteiger partial charge >= 0.3 is 0 Å². The van der Waals surface area contributed by atoms with Crippen LogP contribution in [0.5, 0.6) is 0 Å². The van der Waals surface area contributed by atoms with Gasteiger partial charge in [-0.05, 0) is 12.8 Å². The lowest BCUT2D eigenvalue weighted by atomic mass is 9.46. The molecule has 0 radical (unpaired) electrons. The quantitative estimate of drug-likeness (QED) is 0.673. The molecule has 2 aliphatic rings. The third-order valence-corrected chi connectivity index (χ3v) is 4.39. The normalized spacial score (nSPS) is 39.4. The van der Waals surface area contributed by atoms with Gasteiger partial charge in [0, 0.05) is 32.0 Å². The van der Waals surface area contributed by atoms with E-state index in [4.69, 9.17) is 10.5 Å². The maximum atomic E-state index is 12.3. The second-order valence-corrected chi connectivity index (χ2v) is 5.97. The molecule has 1 saturated carbocycles. The minimum absolute atomic E-state index is 0.0979. The highest BCUT2D eigenvalue weighted by molar-refractivity contribution is 5.89. The van der Waals surface area contributed by atoms with Gasteiger partial charge in [-0.2, -0.15) is 0 Å². The zero-order chi connectivity index (χ0) is 12.8. The molecule has 0 spiro atoms. The van der Waals surface area contributed by atoms with Gasteiger partial charge in [-0.3, -0.25) is 10.2 Å². The summed E-state index contributed by atoms with van der Waals surface area (Å²) < 4.78 is 5.77. The first-order valence-corrected chi connectivity index (χ1v) is 6.20. The SMILES string of the molecule is CN(C)NC(=O)C1(N)C2CCCOC2C1(C)C. The van der Waals surface area contributed by atoms with E-state index >= 15 is 0 Å². The summed E-state index contributed by atoms with van der Waals surface area (Å²) in [5.74, 6) is 0.0467. The summed E-state index contributed by atoms with van der Waals surface area (Å²) in [4.78, 5) is 12.3. The molecule has 0 aromatic heterocycles. The van der Waals surface area contributed by atoms with Crippen LogP contribution < -0.4 is 11.2 Å². The number of hydrazine groups is 1. The highest BCUT2D eigenvalue weighted by Crippen LogP contribution is 2.57. The molecule has 2 rings (SSSR count). The molecule has 1 amide bonds. The van der Waals surface area contributed by atoms with Crippen LogP contribution in [-0.2, 0) is 9.53 Å². The van der Waals surface area contributed by atoms with E-state index < -0.39 is 5.54 Å². The number of rotatable bonds is 2. The Kier molecular flexibility index (Phi) is 2.96. The van der Waals surface area contributed by atoms with Crippen molar-refractivity contribution in [2.75, 3.05) is 20.7 Å². The van der Waals surface area contributed by atoms with Gasteiger partial charge in [0.05, 0.1) is 6.10 Å². The largest absolute Gasteiger partial charge is 0.377 e. The van der Waals surface area contributed by atoms with Crippen molar-refractivity contribution in [1.29, 1.82) is 0 Å². The van der Waals surface area contributed by atoms with Crippen molar-refractivity contribution in [2.24, 2.45) is 17.1 Å². The van der Waals surface area contributed by atoms with Gasteiger partial charge in [0.1, 0.15) is 5.54 Å². The number of hydrogen-bond donors (Lipinski definition) is 2.